The summed E-state index contributed by atoms with van der Waals surface area (Å²) in [7, 11) is 1.63. The average molecular weight is 343 g/mol. The Hall–Kier alpha value is -2.02. The SMILES string of the molecule is COCc1nc(NCC(C)(C)O)c2c(-c3ccccc3)csc2n1. The first kappa shape index (κ1) is 16.8. The third kappa shape index (κ3) is 3.72. The second kappa shape index (κ2) is 6.84. The number of methoxy groups -OCH3 is 1. The maximum absolute atomic E-state index is 10.0. The maximum Gasteiger partial charge on any atom is 0.158 e. The molecule has 0 atom stereocenters. The summed E-state index contributed by atoms with van der Waals surface area (Å²) in [4.78, 5) is 10.1. The molecule has 0 saturated carbocycles. The van der Waals surface area contributed by atoms with Crippen LogP contribution in [0.3, 0.4) is 0 Å². The van der Waals surface area contributed by atoms with Crippen LogP contribution in [0.2, 0.25) is 0 Å². The fourth-order valence-corrected chi connectivity index (χ4v) is 3.40. The molecule has 5 nitrogen and oxygen atoms in total. The Balaban J connectivity index is 2.11. The van der Waals surface area contributed by atoms with Gasteiger partial charge in [0, 0.05) is 24.6 Å². The second-order valence-electron chi connectivity index (χ2n) is 6.28. The number of benzene rings is 1. The van der Waals surface area contributed by atoms with E-state index in [2.05, 4.69) is 32.8 Å². The molecule has 0 radical (unpaired) electrons. The molecule has 0 aliphatic heterocycles. The maximum atomic E-state index is 10.0. The van der Waals surface area contributed by atoms with Crippen molar-refractivity contribution in [2.24, 2.45) is 0 Å². The zero-order valence-electron chi connectivity index (χ0n) is 14.0. The molecule has 3 aromatic rings. The van der Waals surface area contributed by atoms with E-state index in [0.29, 0.717) is 19.0 Å². The van der Waals surface area contributed by atoms with Gasteiger partial charge in [0.2, 0.25) is 0 Å². The van der Waals surface area contributed by atoms with Gasteiger partial charge in [-0.15, -0.1) is 11.3 Å². The van der Waals surface area contributed by atoms with Gasteiger partial charge in [-0.3, -0.25) is 0 Å². The van der Waals surface area contributed by atoms with Gasteiger partial charge in [-0.2, -0.15) is 0 Å². The van der Waals surface area contributed by atoms with Crippen molar-refractivity contribution in [1.82, 2.24) is 9.97 Å². The van der Waals surface area contributed by atoms with Crippen LogP contribution in [0, 0.1) is 0 Å². The lowest BCUT2D eigenvalue weighted by Crippen LogP contribution is -2.29. The van der Waals surface area contributed by atoms with Gasteiger partial charge in [-0.25, -0.2) is 9.97 Å². The highest BCUT2D eigenvalue weighted by Gasteiger charge is 2.18. The van der Waals surface area contributed by atoms with Crippen LogP contribution in [-0.4, -0.2) is 34.3 Å². The smallest absolute Gasteiger partial charge is 0.158 e. The van der Waals surface area contributed by atoms with Crippen LogP contribution >= 0.6 is 11.3 Å². The van der Waals surface area contributed by atoms with Gasteiger partial charge in [0.15, 0.2) is 5.82 Å². The lowest BCUT2D eigenvalue weighted by molar-refractivity contribution is 0.0944. The van der Waals surface area contributed by atoms with Crippen LogP contribution in [0.1, 0.15) is 19.7 Å². The van der Waals surface area contributed by atoms with Crippen molar-refractivity contribution >= 4 is 27.4 Å². The van der Waals surface area contributed by atoms with E-state index in [1.807, 2.05) is 18.2 Å². The van der Waals surface area contributed by atoms with Crippen LogP contribution in [0.4, 0.5) is 5.82 Å². The van der Waals surface area contributed by atoms with E-state index < -0.39 is 5.60 Å². The molecule has 1 aromatic carbocycles. The number of hydrogen-bond acceptors (Lipinski definition) is 6. The van der Waals surface area contributed by atoms with Gasteiger partial charge in [0.1, 0.15) is 17.3 Å². The minimum atomic E-state index is -0.832. The van der Waals surface area contributed by atoms with Gasteiger partial charge in [0.25, 0.3) is 0 Å². The van der Waals surface area contributed by atoms with Crippen molar-refractivity contribution < 1.29 is 9.84 Å². The van der Waals surface area contributed by atoms with Crippen molar-refractivity contribution in [3.8, 4) is 11.1 Å². The molecule has 0 spiro atoms. The average Bonchev–Trinajstić information content (AvgIpc) is 2.97. The number of hydrogen-bond donors (Lipinski definition) is 2. The lowest BCUT2D eigenvalue weighted by atomic mass is 10.1. The van der Waals surface area contributed by atoms with E-state index in [0.717, 1.165) is 27.2 Å². The first-order valence-corrected chi connectivity index (χ1v) is 8.64. The van der Waals surface area contributed by atoms with Gasteiger partial charge < -0.3 is 15.2 Å². The Morgan fingerprint density at radius 3 is 2.62 bits per heavy atom. The highest BCUT2D eigenvalue weighted by atomic mass is 32.1. The van der Waals surface area contributed by atoms with E-state index in [-0.39, 0.29) is 0 Å². The van der Waals surface area contributed by atoms with Crippen molar-refractivity contribution in [3.63, 3.8) is 0 Å². The third-order valence-electron chi connectivity index (χ3n) is 3.53. The van der Waals surface area contributed by atoms with Gasteiger partial charge in [-0.1, -0.05) is 30.3 Å². The summed E-state index contributed by atoms with van der Waals surface area (Å²) in [6, 6.07) is 10.2. The predicted molar refractivity (Wildman–Crippen MR) is 98.4 cm³/mol. The van der Waals surface area contributed by atoms with Crippen molar-refractivity contribution in [2.75, 3.05) is 19.0 Å². The summed E-state index contributed by atoms with van der Waals surface area (Å²) < 4.78 is 5.17. The quantitative estimate of drug-likeness (QED) is 0.714. The molecular weight excluding hydrogens is 322 g/mol. The fourth-order valence-electron chi connectivity index (χ4n) is 2.44. The molecule has 0 saturated heterocycles. The standard InChI is InChI=1S/C18H21N3O2S/c1-18(2,22)11-19-16-15-13(12-7-5-4-6-8-12)10-24-17(15)21-14(20-16)9-23-3/h4-8,10,22H,9,11H2,1-3H3,(H,19,20,21). The normalized spacial score (nSPS) is 11.8. The minimum Gasteiger partial charge on any atom is -0.389 e. The van der Waals surface area contributed by atoms with Crippen molar-refractivity contribution in [3.05, 3.63) is 41.5 Å². The second-order valence-corrected chi connectivity index (χ2v) is 7.14. The molecule has 0 aliphatic rings. The van der Waals surface area contributed by atoms with E-state index >= 15 is 0 Å². The first-order valence-electron chi connectivity index (χ1n) is 7.76. The molecule has 6 heteroatoms. The number of rotatable bonds is 6. The van der Waals surface area contributed by atoms with E-state index in [1.165, 1.54) is 0 Å². The van der Waals surface area contributed by atoms with Crippen LogP contribution in [-0.2, 0) is 11.3 Å². The number of fused-ring (bicyclic) bond motifs is 1. The molecule has 0 bridgehead atoms. The highest BCUT2D eigenvalue weighted by molar-refractivity contribution is 7.17. The Kier molecular flexibility index (Phi) is 4.80. The Bertz CT molecular complexity index is 825. The summed E-state index contributed by atoms with van der Waals surface area (Å²) in [6.45, 7) is 4.28. The van der Waals surface area contributed by atoms with Crippen LogP contribution < -0.4 is 5.32 Å². The number of nitrogens with zero attached hydrogens (tertiary/aromatic N) is 2. The lowest BCUT2D eigenvalue weighted by Gasteiger charge is -2.19. The molecule has 24 heavy (non-hydrogen) atoms. The molecule has 0 amide bonds. The summed E-state index contributed by atoms with van der Waals surface area (Å²) in [5.41, 5.74) is 1.39. The number of ether oxygens (including phenoxy) is 1. The topological polar surface area (TPSA) is 67.3 Å². The Labute approximate surface area is 145 Å². The molecule has 3 rings (SSSR count). The highest BCUT2D eigenvalue weighted by Crippen LogP contribution is 2.37. The van der Waals surface area contributed by atoms with Crippen LogP contribution in [0.5, 0.6) is 0 Å². The first-order chi connectivity index (χ1) is 11.5. The van der Waals surface area contributed by atoms with Crippen molar-refractivity contribution in [1.29, 1.82) is 0 Å². The Morgan fingerprint density at radius 2 is 1.96 bits per heavy atom. The summed E-state index contributed by atoms with van der Waals surface area (Å²) in [5, 5.41) is 16.4. The number of thiophene rings is 1. The molecule has 2 heterocycles. The number of aliphatic hydroxyl groups is 1. The zero-order valence-corrected chi connectivity index (χ0v) is 14.9. The van der Waals surface area contributed by atoms with E-state index in [1.54, 1.807) is 32.3 Å². The number of aromatic nitrogens is 2. The molecule has 0 aliphatic carbocycles. The van der Waals surface area contributed by atoms with Crippen molar-refractivity contribution in [2.45, 2.75) is 26.1 Å². The zero-order chi connectivity index (χ0) is 17.2. The molecule has 0 fully saturated rings. The monoisotopic (exact) mass is 343 g/mol. The van der Waals surface area contributed by atoms with Gasteiger partial charge in [-0.05, 0) is 19.4 Å². The molecular formula is C18H21N3O2S. The van der Waals surface area contributed by atoms with Gasteiger partial charge >= 0.3 is 0 Å². The largest absolute Gasteiger partial charge is 0.389 e. The van der Waals surface area contributed by atoms with E-state index in [9.17, 15) is 5.11 Å². The Morgan fingerprint density at radius 1 is 1.21 bits per heavy atom. The molecule has 126 valence electrons. The summed E-state index contributed by atoms with van der Waals surface area (Å²) >= 11 is 1.59. The fraction of sp³-hybridized carbons (Fsp3) is 0.333. The minimum absolute atomic E-state index is 0.353. The van der Waals surface area contributed by atoms with E-state index in [4.69, 9.17) is 4.74 Å². The molecule has 2 aromatic heterocycles. The number of anilines is 1. The van der Waals surface area contributed by atoms with Crippen LogP contribution in [0.15, 0.2) is 35.7 Å². The summed E-state index contributed by atoms with van der Waals surface area (Å²) in [5.74, 6) is 1.36. The third-order valence-corrected chi connectivity index (χ3v) is 4.40. The molecule has 0 unspecified atom stereocenters. The van der Waals surface area contributed by atoms with Gasteiger partial charge in [0.05, 0.1) is 11.0 Å². The molecule has 2 N–H and O–H groups in total. The summed E-state index contributed by atoms with van der Waals surface area (Å²) in [6.07, 6.45) is 0. The predicted octanol–water partition coefficient (Wildman–Crippen LogP) is 3.69. The number of nitrogens with one attached hydrogen (secondary N) is 1. The van der Waals surface area contributed by atoms with Crippen LogP contribution in [0.25, 0.3) is 21.3 Å².